The molecule has 2 rings (SSSR count). The Morgan fingerprint density at radius 2 is 1.91 bits per heavy atom. The molecule has 1 atom stereocenters. The van der Waals surface area contributed by atoms with Gasteiger partial charge in [-0.3, -0.25) is 0 Å². The SMILES string of the molecule is COC(C)(C)C#CC=CCN[C@H](C)c1cccc2ccccc12. The molecular weight excluding hydrogens is 282 g/mol. The quantitative estimate of drug-likeness (QED) is 0.823. The summed E-state index contributed by atoms with van der Waals surface area (Å²) in [5.74, 6) is 6.09. The van der Waals surface area contributed by atoms with E-state index in [0.29, 0.717) is 0 Å². The van der Waals surface area contributed by atoms with Crippen LogP contribution in [-0.2, 0) is 4.74 Å². The lowest BCUT2D eigenvalue weighted by Gasteiger charge is -2.15. The largest absolute Gasteiger partial charge is 0.366 e. The Morgan fingerprint density at radius 1 is 1.17 bits per heavy atom. The van der Waals surface area contributed by atoms with Gasteiger partial charge in [0.1, 0.15) is 5.60 Å². The monoisotopic (exact) mass is 307 g/mol. The third kappa shape index (κ3) is 4.96. The van der Waals surface area contributed by atoms with E-state index in [1.807, 2.05) is 26.0 Å². The van der Waals surface area contributed by atoms with Crippen molar-refractivity contribution < 1.29 is 4.74 Å². The van der Waals surface area contributed by atoms with E-state index in [1.165, 1.54) is 16.3 Å². The van der Waals surface area contributed by atoms with Crippen molar-refractivity contribution in [1.29, 1.82) is 0 Å². The lowest BCUT2D eigenvalue weighted by atomic mass is 10.00. The summed E-state index contributed by atoms with van der Waals surface area (Å²) >= 11 is 0. The number of allylic oxidation sites excluding steroid dienone is 1. The first-order chi connectivity index (χ1) is 11.0. The first kappa shape index (κ1) is 17.3. The van der Waals surface area contributed by atoms with Gasteiger partial charge in [-0.2, -0.15) is 0 Å². The van der Waals surface area contributed by atoms with Crippen molar-refractivity contribution in [2.45, 2.75) is 32.4 Å². The van der Waals surface area contributed by atoms with Gasteiger partial charge in [-0.1, -0.05) is 60.4 Å². The summed E-state index contributed by atoms with van der Waals surface area (Å²) in [5, 5.41) is 6.10. The number of methoxy groups -OCH3 is 1. The van der Waals surface area contributed by atoms with Gasteiger partial charge in [0, 0.05) is 19.7 Å². The van der Waals surface area contributed by atoms with Crippen LogP contribution in [0.25, 0.3) is 10.8 Å². The van der Waals surface area contributed by atoms with Gasteiger partial charge in [0.25, 0.3) is 0 Å². The van der Waals surface area contributed by atoms with Crippen LogP contribution in [0, 0.1) is 11.8 Å². The molecule has 2 aromatic rings. The van der Waals surface area contributed by atoms with E-state index in [0.717, 1.165) is 6.54 Å². The van der Waals surface area contributed by atoms with Gasteiger partial charge in [-0.05, 0) is 43.2 Å². The molecule has 120 valence electrons. The zero-order valence-electron chi connectivity index (χ0n) is 14.4. The van der Waals surface area contributed by atoms with Crippen molar-refractivity contribution in [3.63, 3.8) is 0 Å². The van der Waals surface area contributed by atoms with Crippen molar-refractivity contribution in [2.75, 3.05) is 13.7 Å². The summed E-state index contributed by atoms with van der Waals surface area (Å²) < 4.78 is 5.26. The Morgan fingerprint density at radius 3 is 2.70 bits per heavy atom. The first-order valence-corrected chi connectivity index (χ1v) is 7.97. The first-order valence-electron chi connectivity index (χ1n) is 7.97. The molecule has 0 radical (unpaired) electrons. The van der Waals surface area contributed by atoms with Crippen LogP contribution in [0.5, 0.6) is 0 Å². The van der Waals surface area contributed by atoms with Crippen molar-refractivity contribution in [3.05, 3.63) is 60.2 Å². The molecule has 0 saturated carbocycles. The van der Waals surface area contributed by atoms with E-state index in [-0.39, 0.29) is 6.04 Å². The molecule has 0 aliphatic rings. The Hall–Kier alpha value is -2.08. The van der Waals surface area contributed by atoms with Gasteiger partial charge in [0.15, 0.2) is 0 Å². The average Bonchev–Trinajstić information content (AvgIpc) is 2.57. The van der Waals surface area contributed by atoms with Crippen LogP contribution in [0.3, 0.4) is 0 Å². The fourth-order valence-corrected chi connectivity index (χ4v) is 2.37. The number of ether oxygens (including phenoxy) is 1. The Balaban J connectivity index is 1.96. The summed E-state index contributed by atoms with van der Waals surface area (Å²) in [6, 6.07) is 15.2. The second-order valence-electron chi connectivity index (χ2n) is 6.08. The number of fused-ring (bicyclic) bond motifs is 1. The van der Waals surface area contributed by atoms with E-state index in [1.54, 1.807) is 7.11 Å². The van der Waals surface area contributed by atoms with Crippen molar-refractivity contribution in [2.24, 2.45) is 0 Å². The highest BCUT2D eigenvalue weighted by Crippen LogP contribution is 2.23. The molecule has 0 spiro atoms. The summed E-state index contributed by atoms with van der Waals surface area (Å²) in [4.78, 5) is 0. The summed E-state index contributed by atoms with van der Waals surface area (Å²) in [6.45, 7) is 6.88. The van der Waals surface area contributed by atoms with Gasteiger partial charge in [-0.15, -0.1) is 0 Å². The van der Waals surface area contributed by atoms with Gasteiger partial charge in [-0.25, -0.2) is 0 Å². The molecule has 0 amide bonds. The van der Waals surface area contributed by atoms with E-state index in [9.17, 15) is 0 Å². The van der Waals surface area contributed by atoms with Crippen LogP contribution < -0.4 is 5.32 Å². The topological polar surface area (TPSA) is 21.3 Å². The van der Waals surface area contributed by atoms with Gasteiger partial charge < -0.3 is 10.1 Å². The van der Waals surface area contributed by atoms with Crippen molar-refractivity contribution >= 4 is 10.8 Å². The molecule has 0 heterocycles. The molecule has 2 aromatic carbocycles. The smallest absolute Gasteiger partial charge is 0.123 e. The molecule has 0 aliphatic carbocycles. The molecule has 2 heteroatoms. The molecule has 0 aliphatic heterocycles. The minimum atomic E-state index is -0.395. The van der Waals surface area contributed by atoms with E-state index < -0.39 is 5.60 Å². The highest BCUT2D eigenvalue weighted by Gasteiger charge is 2.10. The van der Waals surface area contributed by atoms with E-state index in [4.69, 9.17) is 4.74 Å². The predicted molar refractivity (Wildman–Crippen MR) is 98.4 cm³/mol. The number of nitrogens with one attached hydrogen (secondary N) is 1. The van der Waals surface area contributed by atoms with Gasteiger partial charge in [0.05, 0.1) is 0 Å². The van der Waals surface area contributed by atoms with E-state index >= 15 is 0 Å². The van der Waals surface area contributed by atoms with Crippen molar-refractivity contribution in [1.82, 2.24) is 5.32 Å². The predicted octanol–water partition coefficient (Wildman–Crippen LogP) is 4.48. The van der Waals surface area contributed by atoms with Gasteiger partial charge in [0.2, 0.25) is 0 Å². The Kier molecular flexibility index (Phi) is 5.98. The second kappa shape index (κ2) is 7.97. The molecule has 1 N–H and O–H groups in total. The van der Waals surface area contributed by atoms with Crippen LogP contribution in [0.15, 0.2) is 54.6 Å². The van der Waals surface area contributed by atoms with Crippen LogP contribution >= 0.6 is 0 Å². The lowest BCUT2D eigenvalue weighted by Crippen LogP contribution is -2.19. The molecule has 0 fully saturated rings. The summed E-state index contributed by atoms with van der Waals surface area (Å²) in [6.07, 6.45) is 3.92. The summed E-state index contributed by atoms with van der Waals surface area (Å²) in [7, 11) is 1.67. The van der Waals surface area contributed by atoms with Crippen LogP contribution in [0.2, 0.25) is 0 Å². The number of hydrogen-bond acceptors (Lipinski definition) is 2. The van der Waals surface area contributed by atoms with Crippen LogP contribution in [0.1, 0.15) is 32.4 Å². The molecule has 23 heavy (non-hydrogen) atoms. The van der Waals surface area contributed by atoms with Crippen LogP contribution in [-0.4, -0.2) is 19.3 Å². The molecule has 0 saturated heterocycles. The zero-order chi connectivity index (χ0) is 16.7. The lowest BCUT2D eigenvalue weighted by molar-refractivity contribution is 0.0742. The highest BCUT2D eigenvalue weighted by atomic mass is 16.5. The maximum atomic E-state index is 5.26. The second-order valence-corrected chi connectivity index (χ2v) is 6.08. The van der Waals surface area contributed by atoms with Crippen molar-refractivity contribution in [3.8, 4) is 11.8 Å². The maximum Gasteiger partial charge on any atom is 0.123 e. The molecule has 0 aromatic heterocycles. The zero-order valence-corrected chi connectivity index (χ0v) is 14.4. The fourth-order valence-electron chi connectivity index (χ4n) is 2.37. The molecule has 0 unspecified atom stereocenters. The van der Waals surface area contributed by atoms with E-state index in [2.05, 4.69) is 66.5 Å². The summed E-state index contributed by atoms with van der Waals surface area (Å²) in [5.41, 5.74) is 0.927. The standard InChI is InChI=1S/C21H25NO/c1-17(22-16-9-5-8-15-21(2,3)23-4)19-14-10-12-18-11-6-7-13-20(18)19/h5-7,9-14,17,22H,16H2,1-4H3/t17-/m1/s1. The van der Waals surface area contributed by atoms with Crippen LogP contribution in [0.4, 0.5) is 0 Å². The third-order valence-electron chi connectivity index (χ3n) is 3.92. The minimum absolute atomic E-state index is 0.286. The number of benzene rings is 2. The maximum absolute atomic E-state index is 5.26. The highest BCUT2D eigenvalue weighted by molar-refractivity contribution is 5.86. The van der Waals surface area contributed by atoms with Gasteiger partial charge >= 0.3 is 0 Å². The minimum Gasteiger partial charge on any atom is -0.366 e. The third-order valence-corrected chi connectivity index (χ3v) is 3.92. The Bertz CT molecular complexity index is 729. The fraction of sp³-hybridized carbons (Fsp3) is 0.333. The molecular formula is C21H25NO. The molecule has 0 bridgehead atoms. The normalized spacial score (nSPS) is 13.0. The number of hydrogen-bond donors (Lipinski definition) is 1. The average molecular weight is 307 g/mol. The Labute approximate surface area is 139 Å². The number of rotatable bonds is 5. The molecule has 2 nitrogen and oxygen atoms in total.